The third-order valence-electron chi connectivity index (χ3n) is 3.98. The highest BCUT2D eigenvalue weighted by atomic mass is 79.9. The van der Waals surface area contributed by atoms with Crippen molar-refractivity contribution in [2.75, 3.05) is 33.6 Å². The largest absolute Gasteiger partial charge is 0.454 e. The molecule has 1 aliphatic heterocycles. The molecule has 3 rings (SSSR count). The highest BCUT2D eigenvalue weighted by Crippen LogP contribution is 2.39. The Bertz CT molecular complexity index is 591. The maximum absolute atomic E-state index is 5.63. The van der Waals surface area contributed by atoms with Gasteiger partial charge in [0.1, 0.15) is 0 Å². The molecular weight excluding hydrogens is 374 g/mol. The molecule has 2 aliphatic rings. The van der Waals surface area contributed by atoms with Crippen LogP contribution in [0.3, 0.4) is 0 Å². The molecule has 1 aromatic rings. The van der Waals surface area contributed by atoms with Crippen LogP contribution in [-0.4, -0.2) is 39.6 Å². The van der Waals surface area contributed by atoms with E-state index in [0.717, 1.165) is 59.6 Å². The number of hydrogen-bond acceptors (Lipinski definition) is 4. The Kier molecular flexibility index (Phi) is 6.20. The smallest absolute Gasteiger partial charge is 0.231 e. The van der Waals surface area contributed by atoms with Gasteiger partial charge in [0.15, 0.2) is 17.5 Å². The molecule has 24 heavy (non-hydrogen) atoms. The van der Waals surface area contributed by atoms with E-state index in [-0.39, 0.29) is 6.79 Å². The number of ether oxygens (including phenoxy) is 3. The second-order valence-electron chi connectivity index (χ2n) is 6.04. The molecule has 2 N–H and O–H groups in total. The molecule has 0 unspecified atom stereocenters. The summed E-state index contributed by atoms with van der Waals surface area (Å²) < 4.78 is 17.4. The zero-order chi connectivity index (χ0) is 16.8. The van der Waals surface area contributed by atoms with Crippen molar-refractivity contribution >= 4 is 21.9 Å². The Morgan fingerprint density at radius 3 is 3.00 bits per heavy atom. The third-order valence-corrected chi connectivity index (χ3v) is 4.57. The van der Waals surface area contributed by atoms with E-state index < -0.39 is 0 Å². The number of hydrogen-bond donors (Lipinski definition) is 2. The monoisotopic (exact) mass is 397 g/mol. The van der Waals surface area contributed by atoms with Crippen molar-refractivity contribution in [2.45, 2.75) is 25.8 Å². The predicted octanol–water partition coefficient (Wildman–Crippen LogP) is 2.66. The summed E-state index contributed by atoms with van der Waals surface area (Å²) in [5.41, 5.74) is 1.10. The minimum Gasteiger partial charge on any atom is -0.454 e. The number of rotatable bonds is 8. The Labute approximate surface area is 151 Å². The number of guanidine groups is 1. The lowest BCUT2D eigenvalue weighted by atomic mass is 10.2. The predicted molar refractivity (Wildman–Crippen MR) is 96.6 cm³/mol. The summed E-state index contributed by atoms with van der Waals surface area (Å²) in [5.74, 6) is 3.16. The summed E-state index contributed by atoms with van der Waals surface area (Å²) in [6.45, 7) is 3.50. The average molecular weight is 398 g/mol. The maximum Gasteiger partial charge on any atom is 0.231 e. The van der Waals surface area contributed by atoms with Crippen molar-refractivity contribution in [1.29, 1.82) is 0 Å². The Balaban J connectivity index is 1.37. The second-order valence-corrected chi connectivity index (χ2v) is 6.89. The molecule has 1 aliphatic carbocycles. The van der Waals surface area contributed by atoms with Crippen LogP contribution in [-0.2, 0) is 11.3 Å². The number of aliphatic imine (C=N–C) groups is 1. The number of nitrogens with zero attached hydrogens (tertiary/aromatic N) is 1. The van der Waals surface area contributed by atoms with E-state index in [1.807, 2.05) is 12.1 Å². The summed E-state index contributed by atoms with van der Waals surface area (Å²) in [6, 6.07) is 4.01. The molecule has 0 spiro atoms. The fraction of sp³-hybridized carbons (Fsp3) is 0.588. The van der Waals surface area contributed by atoms with Gasteiger partial charge in [-0.3, -0.25) is 4.99 Å². The first-order chi connectivity index (χ1) is 11.8. The fourth-order valence-electron chi connectivity index (χ4n) is 2.44. The van der Waals surface area contributed by atoms with Crippen molar-refractivity contribution < 1.29 is 14.2 Å². The second kappa shape index (κ2) is 8.58. The Morgan fingerprint density at radius 1 is 1.33 bits per heavy atom. The molecule has 0 aromatic heterocycles. The van der Waals surface area contributed by atoms with Gasteiger partial charge in [-0.25, -0.2) is 0 Å². The summed E-state index contributed by atoms with van der Waals surface area (Å²) in [5, 5.41) is 6.61. The SMILES string of the molecule is CN=C(NCCCOCC1CC1)NCc1cc(Br)c2c(c1)OCO2. The summed E-state index contributed by atoms with van der Waals surface area (Å²) in [7, 11) is 1.77. The van der Waals surface area contributed by atoms with E-state index in [4.69, 9.17) is 14.2 Å². The molecule has 0 amide bonds. The van der Waals surface area contributed by atoms with Crippen LogP contribution in [0.1, 0.15) is 24.8 Å². The van der Waals surface area contributed by atoms with Crippen molar-refractivity contribution in [2.24, 2.45) is 10.9 Å². The van der Waals surface area contributed by atoms with Gasteiger partial charge in [0.2, 0.25) is 6.79 Å². The van der Waals surface area contributed by atoms with E-state index >= 15 is 0 Å². The van der Waals surface area contributed by atoms with Crippen LogP contribution < -0.4 is 20.1 Å². The number of benzene rings is 1. The molecule has 6 nitrogen and oxygen atoms in total. The van der Waals surface area contributed by atoms with Gasteiger partial charge in [0.25, 0.3) is 0 Å². The van der Waals surface area contributed by atoms with E-state index in [1.54, 1.807) is 7.05 Å². The van der Waals surface area contributed by atoms with Crippen LogP contribution in [0.4, 0.5) is 0 Å². The molecule has 7 heteroatoms. The van der Waals surface area contributed by atoms with Crippen molar-refractivity contribution in [1.82, 2.24) is 10.6 Å². The molecule has 0 bridgehead atoms. The van der Waals surface area contributed by atoms with Crippen molar-refractivity contribution in [3.63, 3.8) is 0 Å². The van der Waals surface area contributed by atoms with Crippen LogP contribution in [0.15, 0.2) is 21.6 Å². The molecule has 0 radical (unpaired) electrons. The highest BCUT2D eigenvalue weighted by molar-refractivity contribution is 9.10. The number of nitrogens with one attached hydrogen (secondary N) is 2. The van der Waals surface area contributed by atoms with E-state index in [1.165, 1.54) is 12.8 Å². The first-order valence-corrected chi connectivity index (χ1v) is 9.16. The van der Waals surface area contributed by atoms with Gasteiger partial charge in [-0.05, 0) is 58.8 Å². The maximum atomic E-state index is 5.63. The van der Waals surface area contributed by atoms with Gasteiger partial charge in [-0.2, -0.15) is 0 Å². The van der Waals surface area contributed by atoms with Crippen molar-refractivity contribution in [3.8, 4) is 11.5 Å². The number of fused-ring (bicyclic) bond motifs is 1. The highest BCUT2D eigenvalue weighted by Gasteiger charge is 2.21. The lowest BCUT2D eigenvalue weighted by molar-refractivity contribution is 0.123. The molecule has 1 aromatic carbocycles. The van der Waals surface area contributed by atoms with Gasteiger partial charge < -0.3 is 24.8 Å². The molecule has 0 saturated heterocycles. The van der Waals surface area contributed by atoms with E-state index in [9.17, 15) is 0 Å². The third kappa shape index (κ3) is 5.01. The molecule has 132 valence electrons. The molecule has 0 atom stereocenters. The first kappa shape index (κ1) is 17.4. The normalized spacial score (nSPS) is 16.3. The van der Waals surface area contributed by atoms with E-state index in [0.29, 0.717) is 6.54 Å². The van der Waals surface area contributed by atoms with Gasteiger partial charge >= 0.3 is 0 Å². The zero-order valence-electron chi connectivity index (χ0n) is 13.9. The number of halogens is 1. The van der Waals surface area contributed by atoms with Crippen LogP contribution in [0.5, 0.6) is 11.5 Å². The average Bonchev–Trinajstić information content (AvgIpc) is 3.28. The zero-order valence-corrected chi connectivity index (χ0v) is 15.5. The van der Waals surface area contributed by atoms with Gasteiger partial charge in [0, 0.05) is 33.4 Å². The summed E-state index contributed by atoms with van der Waals surface area (Å²) >= 11 is 3.51. The fourth-order valence-corrected chi connectivity index (χ4v) is 3.05. The van der Waals surface area contributed by atoms with Gasteiger partial charge in [-0.15, -0.1) is 0 Å². The molecule has 1 heterocycles. The molecular formula is C17H24BrN3O3. The Morgan fingerprint density at radius 2 is 2.21 bits per heavy atom. The van der Waals surface area contributed by atoms with Crippen LogP contribution >= 0.6 is 15.9 Å². The molecule has 1 fully saturated rings. The van der Waals surface area contributed by atoms with Crippen molar-refractivity contribution in [3.05, 3.63) is 22.2 Å². The standard InChI is InChI=1S/C17H24BrN3O3/c1-19-17(20-5-2-6-22-10-12-3-4-12)21-9-13-7-14(18)16-15(8-13)23-11-24-16/h7-8,12H,2-6,9-11H2,1H3,(H2,19,20,21). The molecule has 1 saturated carbocycles. The minimum absolute atomic E-state index is 0.275. The minimum atomic E-state index is 0.275. The summed E-state index contributed by atoms with van der Waals surface area (Å²) in [4.78, 5) is 4.24. The lowest BCUT2D eigenvalue weighted by Gasteiger charge is -2.12. The summed E-state index contributed by atoms with van der Waals surface area (Å²) in [6.07, 6.45) is 3.65. The van der Waals surface area contributed by atoms with Crippen LogP contribution in [0, 0.1) is 5.92 Å². The van der Waals surface area contributed by atoms with Crippen LogP contribution in [0.2, 0.25) is 0 Å². The topological polar surface area (TPSA) is 64.1 Å². The van der Waals surface area contributed by atoms with Gasteiger partial charge in [-0.1, -0.05) is 0 Å². The quantitative estimate of drug-likeness (QED) is 0.401. The van der Waals surface area contributed by atoms with E-state index in [2.05, 4.69) is 31.6 Å². The van der Waals surface area contributed by atoms with Crippen LogP contribution in [0.25, 0.3) is 0 Å². The van der Waals surface area contributed by atoms with Gasteiger partial charge in [0.05, 0.1) is 4.47 Å². The first-order valence-electron chi connectivity index (χ1n) is 8.36. The lowest BCUT2D eigenvalue weighted by Crippen LogP contribution is -2.37. The Hall–Kier alpha value is -1.47.